The number of likely N-dealkylation sites (tertiary alicyclic amines) is 1. The molecule has 0 saturated carbocycles. The molecule has 2 unspecified atom stereocenters. The molecule has 7 nitrogen and oxygen atoms in total. The van der Waals surface area contributed by atoms with Gasteiger partial charge in [-0.3, -0.25) is 9.79 Å². The first kappa shape index (κ1) is 20.4. The largest absolute Gasteiger partial charge is 0.357 e. The molecule has 2 atom stereocenters. The number of hydrogen-bond donors (Lipinski definition) is 2. The minimum absolute atomic E-state index is 0.000853. The maximum absolute atomic E-state index is 12.0. The molecule has 1 saturated heterocycles. The van der Waals surface area contributed by atoms with Gasteiger partial charge in [0, 0.05) is 45.1 Å². The van der Waals surface area contributed by atoms with Crippen LogP contribution in [0.4, 0.5) is 0 Å². The molecule has 0 aliphatic carbocycles. The van der Waals surface area contributed by atoms with Crippen LogP contribution in [0, 0.1) is 5.92 Å². The van der Waals surface area contributed by atoms with E-state index >= 15 is 0 Å². The molecular weight excluding hydrogens is 372 g/mol. The van der Waals surface area contributed by atoms with Crippen molar-refractivity contribution in [2.75, 3.05) is 32.7 Å². The van der Waals surface area contributed by atoms with Crippen molar-refractivity contribution in [3.8, 4) is 0 Å². The van der Waals surface area contributed by atoms with E-state index in [1.807, 2.05) is 36.2 Å². The lowest BCUT2D eigenvalue weighted by molar-refractivity contribution is 0.0957. The second kappa shape index (κ2) is 10.3. The van der Waals surface area contributed by atoms with Gasteiger partial charge in [0.2, 0.25) is 0 Å². The van der Waals surface area contributed by atoms with Crippen molar-refractivity contribution in [1.82, 2.24) is 25.1 Å². The second-order valence-electron chi connectivity index (χ2n) is 7.11. The van der Waals surface area contributed by atoms with Gasteiger partial charge >= 0.3 is 0 Å². The molecule has 2 aromatic rings. The Morgan fingerprint density at radius 1 is 1.43 bits per heavy atom. The third kappa shape index (κ3) is 5.34. The molecule has 0 aromatic carbocycles. The van der Waals surface area contributed by atoms with Gasteiger partial charge in [-0.1, -0.05) is 13.0 Å². The number of guanidine groups is 1. The van der Waals surface area contributed by atoms with E-state index in [-0.39, 0.29) is 5.91 Å². The molecule has 2 aromatic heterocycles. The second-order valence-corrected chi connectivity index (χ2v) is 8.06. The number of nitrogens with one attached hydrogen (secondary N) is 2. The fourth-order valence-corrected chi connectivity index (χ4v) is 4.12. The Hall–Kier alpha value is -2.35. The number of carbonyl (C=O) groups excluding carboxylic acids is 1. The maximum Gasteiger partial charge on any atom is 0.261 e. The Morgan fingerprint density at radius 2 is 2.32 bits per heavy atom. The Balaban J connectivity index is 1.51. The van der Waals surface area contributed by atoms with E-state index in [9.17, 15) is 4.79 Å². The lowest BCUT2D eigenvalue weighted by atomic mass is 9.93. The zero-order valence-electron chi connectivity index (χ0n) is 16.7. The Labute approximate surface area is 170 Å². The summed E-state index contributed by atoms with van der Waals surface area (Å²) in [7, 11) is 0. The zero-order chi connectivity index (χ0) is 19.8. The van der Waals surface area contributed by atoms with Crippen molar-refractivity contribution in [3.05, 3.63) is 41.1 Å². The van der Waals surface area contributed by atoms with Gasteiger partial charge in [0.15, 0.2) is 5.96 Å². The average molecular weight is 403 g/mol. The molecule has 0 bridgehead atoms. The Morgan fingerprint density at radius 3 is 3.04 bits per heavy atom. The van der Waals surface area contributed by atoms with Gasteiger partial charge in [0.05, 0.1) is 17.2 Å². The third-order valence-corrected chi connectivity index (χ3v) is 5.96. The minimum Gasteiger partial charge on any atom is -0.357 e. The summed E-state index contributed by atoms with van der Waals surface area (Å²) in [6.45, 7) is 8.50. The van der Waals surface area contributed by atoms with Gasteiger partial charge in [-0.2, -0.15) is 0 Å². The lowest BCUT2D eigenvalue weighted by Crippen LogP contribution is -2.49. The first-order valence-corrected chi connectivity index (χ1v) is 10.9. The van der Waals surface area contributed by atoms with Crippen LogP contribution >= 0.6 is 11.3 Å². The summed E-state index contributed by atoms with van der Waals surface area (Å²) in [6.07, 6.45) is 7.75. The quantitative estimate of drug-likeness (QED) is 0.424. The van der Waals surface area contributed by atoms with Gasteiger partial charge in [0.25, 0.3) is 5.91 Å². The summed E-state index contributed by atoms with van der Waals surface area (Å²) < 4.78 is 2.21. The summed E-state index contributed by atoms with van der Waals surface area (Å²) in [5.74, 6) is 1.57. The van der Waals surface area contributed by atoms with Crippen molar-refractivity contribution in [2.45, 2.75) is 32.7 Å². The minimum atomic E-state index is -0.000853. The van der Waals surface area contributed by atoms with Crippen molar-refractivity contribution in [2.24, 2.45) is 10.9 Å². The first-order valence-electron chi connectivity index (χ1n) is 10.0. The van der Waals surface area contributed by atoms with E-state index in [0.717, 1.165) is 43.3 Å². The summed E-state index contributed by atoms with van der Waals surface area (Å²) in [4.78, 5) is 24.1. The highest BCUT2D eigenvalue weighted by Gasteiger charge is 2.28. The molecule has 1 amide bonds. The van der Waals surface area contributed by atoms with Crippen LogP contribution < -0.4 is 10.6 Å². The summed E-state index contributed by atoms with van der Waals surface area (Å²) in [5, 5.41) is 8.30. The maximum atomic E-state index is 12.0. The number of hydrogen-bond acceptors (Lipinski definition) is 4. The van der Waals surface area contributed by atoms with E-state index in [1.165, 1.54) is 11.3 Å². The number of aliphatic imine (C=N–C) groups is 1. The van der Waals surface area contributed by atoms with Crippen LogP contribution in [-0.4, -0.2) is 59.0 Å². The highest BCUT2D eigenvalue weighted by molar-refractivity contribution is 7.12. The molecule has 3 rings (SSSR count). The zero-order valence-corrected chi connectivity index (χ0v) is 17.5. The number of aromatic nitrogens is 2. The van der Waals surface area contributed by atoms with Crippen LogP contribution in [-0.2, 0) is 0 Å². The molecule has 1 fully saturated rings. The molecule has 0 spiro atoms. The van der Waals surface area contributed by atoms with Crippen LogP contribution in [0.25, 0.3) is 0 Å². The smallest absolute Gasteiger partial charge is 0.261 e. The highest BCUT2D eigenvalue weighted by Crippen LogP contribution is 2.27. The predicted molar refractivity (Wildman–Crippen MR) is 114 cm³/mol. The van der Waals surface area contributed by atoms with Crippen LogP contribution in [0.5, 0.6) is 0 Å². The normalized spacial score (nSPS) is 20.2. The van der Waals surface area contributed by atoms with E-state index in [1.54, 1.807) is 0 Å². The van der Waals surface area contributed by atoms with Crippen LogP contribution in [0.3, 0.4) is 0 Å². The number of carbonyl (C=O) groups is 1. The molecule has 152 valence electrons. The number of amides is 1. The highest BCUT2D eigenvalue weighted by atomic mass is 32.1. The van der Waals surface area contributed by atoms with Gasteiger partial charge in [0.1, 0.15) is 0 Å². The molecule has 0 radical (unpaired) electrons. The summed E-state index contributed by atoms with van der Waals surface area (Å²) in [6, 6.07) is 4.14. The predicted octanol–water partition coefficient (Wildman–Crippen LogP) is 2.61. The monoisotopic (exact) mass is 402 g/mol. The molecule has 28 heavy (non-hydrogen) atoms. The molecule has 2 N–H and O–H groups in total. The molecular formula is C20H30N6OS. The van der Waals surface area contributed by atoms with E-state index in [0.29, 0.717) is 25.0 Å². The SMILES string of the molecule is CCNC(=NCCCNC(=O)c1cccs1)N1CCC(C)C(n2ccnc2)C1. The number of rotatable bonds is 7. The number of thiophene rings is 1. The van der Waals surface area contributed by atoms with Crippen molar-refractivity contribution in [3.63, 3.8) is 0 Å². The van der Waals surface area contributed by atoms with E-state index < -0.39 is 0 Å². The molecule has 8 heteroatoms. The fraction of sp³-hybridized carbons (Fsp3) is 0.550. The van der Waals surface area contributed by atoms with Crippen LogP contribution in [0.15, 0.2) is 41.2 Å². The first-order chi connectivity index (χ1) is 13.7. The van der Waals surface area contributed by atoms with E-state index in [4.69, 9.17) is 4.99 Å². The topological polar surface area (TPSA) is 74.6 Å². The van der Waals surface area contributed by atoms with Crippen molar-refractivity contribution in [1.29, 1.82) is 0 Å². The molecule has 1 aliphatic rings. The van der Waals surface area contributed by atoms with Crippen LogP contribution in [0.1, 0.15) is 42.4 Å². The third-order valence-electron chi connectivity index (χ3n) is 5.09. The Kier molecular flexibility index (Phi) is 7.47. The lowest BCUT2D eigenvalue weighted by Gasteiger charge is -2.39. The number of nitrogens with zero attached hydrogens (tertiary/aromatic N) is 4. The van der Waals surface area contributed by atoms with Crippen LogP contribution in [0.2, 0.25) is 0 Å². The fourth-order valence-electron chi connectivity index (χ4n) is 3.48. The summed E-state index contributed by atoms with van der Waals surface area (Å²) in [5.41, 5.74) is 0. The van der Waals surface area contributed by atoms with E-state index in [2.05, 4.69) is 38.9 Å². The molecule has 1 aliphatic heterocycles. The van der Waals surface area contributed by atoms with Gasteiger partial charge in [-0.25, -0.2) is 4.98 Å². The summed E-state index contributed by atoms with van der Waals surface area (Å²) >= 11 is 1.46. The number of imidazole rings is 1. The molecule has 3 heterocycles. The average Bonchev–Trinajstić information content (AvgIpc) is 3.41. The van der Waals surface area contributed by atoms with Gasteiger partial charge in [-0.05, 0) is 37.1 Å². The van der Waals surface area contributed by atoms with Gasteiger partial charge in [-0.15, -0.1) is 11.3 Å². The number of piperidine rings is 1. The Bertz CT molecular complexity index is 743. The van der Waals surface area contributed by atoms with Gasteiger partial charge < -0.3 is 20.1 Å². The van der Waals surface area contributed by atoms with Crippen molar-refractivity contribution >= 4 is 23.2 Å². The standard InChI is InChI=1S/C20H30N6OS/c1-3-22-20(24-9-5-8-23-19(27)18-6-4-13-28-18)25-11-7-16(2)17(14-25)26-12-10-21-15-26/h4,6,10,12-13,15-17H,3,5,7-9,11,14H2,1-2H3,(H,22,24)(H,23,27). The van der Waals surface area contributed by atoms with Crippen molar-refractivity contribution < 1.29 is 4.79 Å².